The third-order valence-corrected chi connectivity index (χ3v) is 2.91. The normalized spacial score (nSPS) is 9.60. The van der Waals surface area contributed by atoms with Gasteiger partial charge in [0.25, 0.3) is 0 Å². The highest BCUT2D eigenvalue weighted by Crippen LogP contribution is 2.22. The summed E-state index contributed by atoms with van der Waals surface area (Å²) in [6.07, 6.45) is -0.428. The molecule has 0 fully saturated rings. The minimum atomic E-state index is -0.990. The molecule has 0 heterocycles. The molecule has 1 aromatic rings. The average molecular weight is 371 g/mol. The molecule has 0 radical (unpaired) electrons. The van der Waals surface area contributed by atoms with Gasteiger partial charge in [0.05, 0.1) is 12.5 Å². The first-order valence-electron chi connectivity index (χ1n) is 7.26. The number of carbonyl (C=O) groups is 4. The largest absolute Gasteiger partial charge is 0.481 e. The number of ether oxygens (including phenoxy) is 2. The molecule has 1 amide bonds. The maximum atomic E-state index is 11.9. The number of nitrogens with two attached hydrogens (primary N) is 1. The Hall–Kier alpha value is -2.55. The molecule has 0 saturated heterocycles. The topological polar surface area (TPSA) is 133 Å². The molecule has 8 nitrogen and oxygen atoms in total. The van der Waals surface area contributed by atoms with Gasteiger partial charge in [-0.3, -0.25) is 9.59 Å². The van der Waals surface area contributed by atoms with Crippen molar-refractivity contribution in [2.24, 2.45) is 5.73 Å². The summed E-state index contributed by atoms with van der Waals surface area (Å²) in [5, 5.41) is 7.82. The molecular formula is C16H21NO7S. The number of aliphatic carboxylic acids is 1. The van der Waals surface area contributed by atoms with E-state index in [0.717, 1.165) is 11.8 Å². The number of carboxylic acids is 1. The summed E-state index contributed by atoms with van der Waals surface area (Å²) < 4.78 is 10.1. The van der Waals surface area contributed by atoms with Crippen LogP contribution >= 0.6 is 11.8 Å². The number of carbonyl (C=O) groups excluding carboxylic acids is 3. The monoisotopic (exact) mass is 371 g/mol. The number of para-hydroxylation sites is 1. The summed E-state index contributed by atoms with van der Waals surface area (Å²) in [6.45, 7) is 4.74. The lowest BCUT2D eigenvalue weighted by molar-refractivity contribution is -0.136. The van der Waals surface area contributed by atoms with Gasteiger partial charge in [-0.2, -0.15) is 0 Å². The van der Waals surface area contributed by atoms with E-state index < -0.39 is 17.2 Å². The highest BCUT2D eigenvalue weighted by atomic mass is 32.2. The zero-order valence-electron chi connectivity index (χ0n) is 14.2. The Morgan fingerprint density at radius 3 is 2.28 bits per heavy atom. The summed E-state index contributed by atoms with van der Waals surface area (Å²) in [5.74, 6) is -1.71. The van der Waals surface area contributed by atoms with E-state index in [2.05, 4.69) is 5.73 Å². The lowest BCUT2D eigenvalue weighted by Crippen LogP contribution is -2.14. The first-order chi connectivity index (χ1) is 11.6. The van der Waals surface area contributed by atoms with Crippen molar-refractivity contribution >= 4 is 34.9 Å². The number of thioether (sulfide) groups is 1. The van der Waals surface area contributed by atoms with Crippen LogP contribution in [0.4, 0.5) is 4.79 Å². The number of amides is 1. The van der Waals surface area contributed by atoms with Gasteiger partial charge in [0.15, 0.2) is 0 Å². The van der Waals surface area contributed by atoms with Crippen LogP contribution < -0.4 is 10.5 Å². The second-order valence-electron chi connectivity index (χ2n) is 4.91. The van der Waals surface area contributed by atoms with E-state index in [0.29, 0.717) is 0 Å². The third kappa shape index (κ3) is 11.6. The van der Waals surface area contributed by atoms with Gasteiger partial charge in [-0.15, -0.1) is 0 Å². The smallest absolute Gasteiger partial charge is 0.372 e. The fourth-order valence-electron chi connectivity index (χ4n) is 1.34. The van der Waals surface area contributed by atoms with Gasteiger partial charge in [0.2, 0.25) is 5.91 Å². The molecular weight excluding hydrogens is 350 g/mol. The van der Waals surface area contributed by atoms with Crippen molar-refractivity contribution < 1.29 is 33.8 Å². The van der Waals surface area contributed by atoms with Crippen molar-refractivity contribution in [3.8, 4) is 5.75 Å². The van der Waals surface area contributed by atoms with Crippen LogP contribution in [0, 0.1) is 0 Å². The standard InChI is InChI=1S/C14H16O6S.C2H5NO/c1-9(2)19-13(17)10-5-3-4-6-11(10)20-14(18)21-8-7-12(15)16;1-2(3)4/h3-6,9H,7-8H2,1-2H3,(H,15,16);1H3,(H2,3,4). The Balaban J connectivity index is 0.00000129. The predicted octanol–water partition coefficient (Wildman–Crippen LogP) is 2.45. The summed E-state index contributed by atoms with van der Waals surface area (Å²) in [5.41, 5.74) is 4.62. The van der Waals surface area contributed by atoms with Crippen molar-refractivity contribution in [1.82, 2.24) is 0 Å². The Morgan fingerprint density at radius 2 is 1.76 bits per heavy atom. The Kier molecular flexibility index (Phi) is 10.7. The van der Waals surface area contributed by atoms with Crippen LogP contribution in [-0.4, -0.2) is 40.1 Å². The molecule has 3 N–H and O–H groups in total. The van der Waals surface area contributed by atoms with E-state index in [-0.39, 0.29) is 35.5 Å². The van der Waals surface area contributed by atoms with Crippen molar-refractivity contribution in [1.29, 1.82) is 0 Å². The quantitative estimate of drug-likeness (QED) is 0.729. The molecule has 0 bridgehead atoms. The average Bonchev–Trinajstić information content (AvgIpc) is 2.46. The van der Waals surface area contributed by atoms with Crippen molar-refractivity contribution in [3.05, 3.63) is 29.8 Å². The first-order valence-corrected chi connectivity index (χ1v) is 8.24. The number of hydrogen-bond donors (Lipinski definition) is 2. The molecule has 1 aromatic carbocycles. The third-order valence-electron chi connectivity index (χ3n) is 2.18. The fraction of sp³-hybridized carbons (Fsp3) is 0.375. The van der Waals surface area contributed by atoms with Crippen LogP contribution in [0.5, 0.6) is 5.75 Å². The van der Waals surface area contributed by atoms with Gasteiger partial charge < -0.3 is 20.3 Å². The molecule has 0 aliphatic carbocycles. The zero-order chi connectivity index (χ0) is 19.4. The summed E-state index contributed by atoms with van der Waals surface area (Å²) in [6, 6.07) is 6.23. The number of benzene rings is 1. The molecule has 0 atom stereocenters. The van der Waals surface area contributed by atoms with Gasteiger partial charge in [-0.25, -0.2) is 9.59 Å². The molecule has 1 rings (SSSR count). The minimum Gasteiger partial charge on any atom is -0.481 e. The predicted molar refractivity (Wildman–Crippen MR) is 92.6 cm³/mol. The SMILES string of the molecule is CC(C)OC(=O)c1ccccc1OC(=O)SCCC(=O)O.CC(N)=O. The lowest BCUT2D eigenvalue weighted by atomic mass is 10.2. The van der Waals surface area contributed by atoms with Crippen LogP contribution in [0.15, 0.2) is 24.3 Å². The van der Waals surface area contributed by atoms with Crippen molar-refractivity contribution in [3.63, 3.8) is 0 Å². The summed E-state index contributed by atoms with van der Waals surface area (Å²) >= 11 is 0.740. The van der Waals surface area contributed by atoms with Gasteiger partial charge >= 0.3 is 17.2 Å². The van der Waals surface area contributed by atoms with Crippen molar-refractivity contribution in [2.75, 3.05) is 5.75 Å². The van der Waals surface area contributed by atoms with Gasteiger partial charge in [0, 0.05) is 12.7 Å². The van der Waals surface area contributed by atoms with Crippen molar-refractivity contribution in [2.45, 2.75) is 33.3 Å². The first kappa shape index (κ1) is 22.4. The highest BCUT2D eigenvalue weighted by Gasteiger charge is 2.17. The van der Waals surface area contributed by atoms with E-state index >= 15 is 0 Å². The molecule has 9 heteroatoms. The van der Waals surface area contributed by atoms with Gasteiger partial charge in [-0.05, 0) is 37.7 Å². The van der Waals surface area contributed by atoms with E-state index in [1.807, 2.05) is 0 Å². The minimum absolute atomic E-state index is 0.0935. The van der Waals surface area contributed by atoms with E-state index in [4.69, 9.17) is 14.6 Å². The maximum absolute atomic E-state index is 11.9. The number of hydrogen-bond acceptors (Lipinski definition) is 7. The fourth-order valence-corrected chi connectivity index (χ4v) is 1.93. The van der Waals surface area contributed by atoms with Crippen LogP contribution in [0.25, 0.3) is 0 Å². The molecule has 0 aromatic heterocycles. The van der Waals surface area contributed by atoms with Crippen LogP contribution in [0.1, 0.15) is 37.6 Å². The van der Waals surface area contributed by atoms with E-state index in [9.17, 15) is 19.2 Å². The maximum Gasteiger partial charge on any atom is 0.372 e. The van der Waals surface area contributed by atoms with Crippen LogP contribution in [0.2, 0.25) is 0 Å². The molecule has 0 aliphatic rings. The molecule has 0 spiro atoms. The van der Waals surface area contributed by atoms with E-state index in [1.165, 1.54) is 19.1 Å². The number of carboxylic acid groups (broad SMARTS) is 1. The zero-order valence-corrected chi connectivity index (χ0v) is 15.0. The number of rotatable bonds is 6. The van der Waals surface area contributed by atoms with E-state index in [1.54, 1.807) is 26.0 Å². The summed E-state index contributed by atoms with van der Waals surface area (Å²) in [4.78, 5) is 43.0. The van der Waals surface area contributed by atoms with Crippen LogP contribution in [0.3, 0.4) is 0 Å². The second-order valence-corrected chi connectivity index (χ2v) is 5.94. The molecule has 138 valence electrons. The number of esters is 1. The molecule has 25 heavy (non-hydrogen) atoms. The number of primary amides is 1. The highest BCUT2D eigenvalue weighted by molar-refractivity contribution is 8.13. The lowest BCUT2D eigenvalue weighted by Gasteiger charge is -2.11. The summed E-state index contributed by atoms with van der Waals surface area (Å²) in [7, 11) is 0. The molecule has 0 aliphatic heterocycles. The second kappa shape index (κ2) is 11.9. The van der Waals surface area contributed by atoms with Gasteiger partial charge in [-0.1, -0.05) is 12.1 Å². The Labute approximate surface area is 149 Å². The molecule has 0 saturated carbocycles. The molecule has 0 unspecified atom stereocenters. The van der Waals surface area contributed by atoms with Crippen LogP contribution in [-0.2, 0) is 14.3 Å². The Morgan fingerprint density at radius 1 is 1.20 bits per heavy atom. The Bertz CT molecular complexity index is 612. The van der Waals surface area contributed by atoms with Gasteiger partial charge in [0.1, 0.15) is 11.3 Å².